The number of hydrogen-bond acceptors (Lipinski definition) is 4. The number of nitrogens with zero attached hydrogens (tertiary/aromatic N) is 3. The molecule has 0 aliphatic rings. The molecule has 0 unspecified atom stereocenters. The molecule has 0 saturated heterocycles. The summed E-state index contributed by atoms with van der Waals surface area (Å²) < 4.78 is 7.30. The van der Waals surface area contributed by atoms with Gasteiger partial charge in [-0.1, -0.05) is 0 Å². The fourth-order valence-corrected chi connectivity index (χ4v) is 2.82. The fourth-order valence-electron chi connectivity index (χ4n) is 2.82. The minimum absolute atomic E-state index is 0.205. The van der Waals surface area contributed by atoms with E-state index in [0.717, 1.165) is 17.0 Å². The zero-order valence-electron chi connectivity index (χ0n) is 15.2. The number of benzene rings is 1. The predicted molar refractivity (Wildman–Crippen MR) is 95.6 cm³/mol. The molecule has 0 fully saturated rings. The molecule has 2 amide bonds. The van der Waals surface area contributed by atoms with Gasteiger partial charge in [-0.3, -0.25) is 4.68 Å². The first kappa shape index (κ1) is 18.3. The number of ether oxygens (including phenoxy) is 1. The number of carbonyl (C=O) groups is 1. The molecular formula is C18H23N5O2. The Labute approximate surface area is 147 Å². The Hall–Kier alpha value is -3.01. The van der Waals surface area contributed by atoms with Gasteiger partial charge in [0.05, 0.1) is 35.7 Å². The second-order valence-electron chi connectivity index (χ2n) is 5.78. The number of aryl methyl sites for hydroxylation is 2. The van der Waals surface area contributed by atoms with Crippen molar-refractivity contribution in [1.29, 1.82) is 5.26 Å². The summed E-state index contributed by atoms with van der Waals surface area (Å²) in [4.78, 5) is 12.4. The highest BCUT2D eigenvalue weighted by Crippen LogP contribution is 2.26. The lowest BCUT2D eigenvalue weighted by Crippen LogP contribution is -2.31. The van der Waals surface area contributed by atoms with E-state index in [4.69, 9.17) is 10.00 Å². The van der Waals surface area contributed by atoms with E-state index in [-0.39, 0.29) is 12.1 Å². The zero-order valence-corrected chi connectivity index (χ0v) is 15.2. The fraction of sp³-hybridized carbons (Fsp3) is 0.389. The van der Waals surface area contributed by atoms with Crippen molar-refractivity contribution in [2.75, 3.05) is 11.9 Å². The molecule has 0 radical (unpaired) electrons. The van der Waals surface area contributed by atoms with E-state index >= 15 is 0 Å². The Bertz CT molecular complexity index is 820. The van der Waals surface area contributed by atoms with Crippen LogP contribution in [0.1, 0.15) is 42.4 Å². The molecule has 1 aromatic heterocycles. The van der Waals surface area contributed by atoms with Gasteiger partial charge in [0.1, 0.15) is 5.75 Å². The molecule has 2 rings (SSSR count). The highest BCUT2D eigenvalue weighted by atomic mass is 16.5. The van der Waals surface area contributed by atoms with E-state index in [9.17, 15) is 4.79 Å². The number of nitrogens with one attached hydrogen (secondary N) is 2. The monoisotopic (exact) mass is 341 g/mol. The van der Waals surface area contributed by atoms with Gasteiger partial charge in [0.25, 0.3) is 0 Å². The van der Waals surface area contributed by atoms with Gasteiger partial charge in [-0.15, -0.1) is 0 Å². The maximum absolute atomic E-state index is 12.4. The van der Waals surface area contributed by atoms with Crippen LogP contribution in [0.5, 0.6) is 5.75 Å². The Morgan fingerprint density at radius 3 is 2.72 bits per heavy atom. The van der Waals surface area contributed by atoms with Gasteiger partial charge in [-0.2, -0.15) is 10.4 Å². The summed E-state index contributed by atoms with van der Waals surface area (Å²) in [6.45, 7) is 8.12. The third kappa shape index (κ3) is 4.10. The molecule has 0 aliphatic heterocycles. The van der Waals surface area contributed by atoms with Gasteiger partial charge in [-0.25, -0.2) is 4.79 Å². The van der Waals surface area contributed by atoms with Crippen LogP contribution in [0.2, 0.25) is 0 Å². The Kier molecular flexibility index (Phi) is 5.65. The third-order valence-corrected chi connectivity index (χ3v) is 4.00. The molecule has 1 heterocycles. The Morgan fingerprint density at radius 2 is 2.16 bits per heavy atom. The first-order chi connectivity index (χ1) is 11.9. The van der Waals surface area contributed by atoms with Gasteiger partial charge in [0.15, 0.2) is 0 Å². The lowest BCUT2D eigenvalue weighted by atomic mass is 10.1. The number of anilines is 1. The van der Waals surface area contributed by atoms with E-state index < -0.39 is 0 Å². The molecule has 2 aromatic rings. The summed E-state index contributed by atoms with van der Waals surface area (Å²) in [5.41, 5.74) is 3.80. The maximum Gasteiger partial charge on any atom is 0.319 e. The SMILES string of the molecule is CCOc1ccc(C#N)cc1NC(=O)N[C@H](C)c1c(C)nn(C)c1C. The molecule has 25 heavy (non-hydrogen) atoms. The van der Waals surface area contributed by atoms with E-state index in [2.05, 4.69) is 21.8 Å². The van der Waals surface area contributed by atoms with Crippen molar-refractivity contribution >= 4 is 11.7 Å². The third-order valence-electron chi connectivity index (χ3n) is 4.00. The minimum atomic E-state index is -0.369. The zero-order chi connectivity index (χ0) is 18.6. The molecular weight excluding hydrogens is 318 g/mol. The average Bonchev–Trinajstić information content (AvgIpc) is 2.81. The smallest absolute Gasteiger partial charge is 0.319 e. The quantitative estimate of drug-likeness (QED) is 0.873. The predicted octanol–water partition coefficient (Wildman–Crippen LogP) is 3.19. The Balaban J connectivity index is 2.16. The van der Waals surface area contributed by atoms with Crippen molar-refractivity contribution in [2.24, 2.45) is 7.05 Å². The van der Waals surface area contributed by atoms with Crippen LogP contribution in [0.15, 0.2) is 18.2 Å². The number of hydrogen-bond donors (Lipinski definition) is 2. The van der Waals surface area contributed by atoms with E-state index in [0.29, 0.717) is 23.6 Å². The first-order valence-electron chi connectivity index (χ1n) is 8.11. The maximum atomic E-state index is 12.4. The average molecular weight is 341 g/mol. The lowest BCUT2D eigenvalue weighted by Gasteiger charge is -2.17. The lowest BCUT2D eigenvalue weighted by molar-refractivity contribution is 0.249. The molecule has 1 atom stereocenters. The van der Waals surface area contributed by atoms with Crippen LogP contribution in [0.3, 0.4) is 0 Å². The molecule has 0 bridgehead atoms. The molecule has 132 valence electrons. The van der Waals surface area contributed by atoms with E-state index in [1.54, 1.807) is 22.9 Å². The minimum Gasteiger partial charge on any atom is -0.492 e. The van der Waals surface area contributed by atoms with Gasteiger partial charge in [0.2, 0.25) is 0 Å². The normalized spacial score (nSPS) is 11.5. The summed E-state index contributed by atoms with van der Waals surface area (Å²) in [7, 11) is 1.88. The summed E-state index contributed by atoms with van der Waals surface area (Å²) in [5, 5.41) is 19.1. The van der Waals surface area contributed by atoms with Crippen molar-refractivity contribution in [2.45, 2.75) is 33.7 Å². The molecule has 0 saturated carbocycles. The van der Waals surface area contributed by atoms with Gasteiger partial charge < -0.3 is 15.4 Å². The van der Waals surface area contributed by atoms with Crippen LogP contribution < -0.4 is 15.4 Å². The number of rotatable bonds is 5. The summed E-state index contributed by atoms with van der Waals surface area (Å²) >= 11 is 0. The first-order valence-corrected chi connectivity index (χ1v) is 8.11. The molecule has 0 spiro atoms. The van der Waals surface area contributed by atoms with Crippen LogP contribution in [-0.2, 0) is 7.05 Å². The van der Waals surface area contributed by atoms with Crippen molar-refractivity contribution in [1.82, 2.24) is 15.1 Å². The van der Waals surface area contributed by atoms with Gasteiger partial charge >= 0.3 is 6.03 Å². The van der Waals surface area contributed by atoms with Crippen LogP contribution in [0, 0.1) is 25.2 Å². The standard InChI is InChI=1S/C18H23N5O2/c1-6-25-16-8-7-14(10-19)9-15(16)21-18(24)20-11(2)17-12(3)22-23(5)13(17)4/h7-9,11H,6H2,1-5H3,(H2,20,21,24)/t11-/m1/s1. The van der Waals surface area contributed by atoms with Crippen LogP contribution in [0.25, 0.3) is 0 Å². The number of amides is 2. The molecule has 7 heteroatoms. The topological polar surface area (TPSA) is 92.0 Å². The molecule has 7 nitrogen and oxygen atoms in total. The number of urea groups is 1. The molecule has 2 N–H and O–H groups in total. The van der Waals surface area contributed by atoms with Gasteiger partial charge in [0, 0.05) is 18.3 Å². The van der Waals surface area contributed by atoms with E-state index in [1.165, 1.54) is 0 Å². The van der Waals surface area contributed by atoms with Gasteiger partial charge in [-0.05, 0) is 45.9 Å². The molecule has 0 aliphatic carbocycles. The van der Waals surface area contributed by atoms with Crippen molar-refractivity contribution in [3.05, 3.63) is 40.7 Å². The van der Waals surface area contributed by atoms with Crippen LogP contribution >= 0.6 is 0 Å². The summed E-state index contributed by atoms with van der Waals surface area (Å²) in [5.74, 6) is 0.526. The number of nitriles is 1. The molecule has 1 aromatic carbocycles. The summed E-state index contributed by atoms with van der Waals surface area (Å²) in [6, 6.07) is 6.40. The Morgan fingerprint density at radius 1 is 1.44 bits per heavy atom. The summed E-state index contributed by atoms with van der Waals surface area (Å²) in [6.07, 6.45) is 0. The second kappa shape index (κ2) is 7.71. The second-order valence-corrected chi connectivity index (χ2v) is 5.78. The number of aromatic nitrogens is 2. The largest absolute Gasteiger partial charge is 0.492 e. The van der Waals surface area contributed by atoms with Crippen molar-refractivity contribution in [3.8, 4) is 11.8 Å². The van der Waals surface area contributed by atoms with Crippen LogP contribution in [0.4, 0.5) is 10.5 Å². The van der Waals surface area contributed by atoms with E-state index in [1.807, 2.05) is 34.7 Å². The highest BCUT2D eigenvalue weighted by Gasteiger charge is 2.18. The highest BCUT2D eigenvalue weighted by molar-refractivity contribution is 5.91. The van der Waals surface area contributed by atoms with Crippen LogP contribution in [-0.4, -0.2) is 22.4 Å². The van der Waals surface area contributed by atoms with Crippen molar-refractivity contribution < 1.29 is 9.53 Å². The number of carbonyl (C=O) groups excluding carboxylic acids is 1. The van der Waals surface area contributed by atoms with Crippen molar-refractivity contribution in [3.63, 3.8) is 0 Å².